The Morgan fingerprint density at radius 2 is 1.29 bits per heavy atom. The predicted octanol–water partition coefficient (Wildman–Crippen LogP) is -2.15. The van der Waals surface area contributed by atoms with Crippen molar-refractivity contribution in [3.63, 3.8) is 0 Å². The van der Waals surface area contributed by atoms with E-state index in [0.29, 0.717) is 6.42 Å². The monoisotopic (exact) mass is 623 g/mol. The van der Waals surface area contributed by atoms with Gasteiger partial charge in [0.2, 0.25) is 5.91 Å². The van der Waals surface area contributed by atoms with E-state index in [9.17, 15) is 28.7 Å². The number of rotatable bonds is 17. The number of unbranched alkanes of at least 4 members (excludes halogenated alkanes) is 9. The van der Waals surface area contributed by atoms with E-state index in [-0.39, 0.29) is 81.4 Å². The summed E-state index contributed by atoms with van der Waals surface area (Å²) < 4.78 is 24.9. The molecule has 0 bridgehead atoms. The summed E-state index contributed by atoms with van der Waals surface area (Å²) in [5.41, 5.74) is 4.47. The second kappa shape index (κ2) is 33.3. The Bertz CT molecular complexity index is 1060. The van der Waals surface area contributed by atoms with Gasteiger partial charge in [0.15, 0.2) is 6.10 Å². The maximum atomic E-state index is 12.1. The summed E-state index contributed by atoms with van der Waals surface area (Å²) >= 11 is 0. The van der Waals surface area contributed by atoms with Gasteiger partial charge in [-0.2, -0.15) is 0 Å². The van der Waals surface area contributed by atoms with Crippen molar-refractivity contribution in [2.24, 2.45) is 5.73 Å². The van der Waals surface area contributed by atoms with Crippen LogP contribution in [0.3, 0.4) is 0 Å². The third kappa shape index (κ3) is 43.3. The van der Waals surface area contributed by atoms with E-state index >= 15 is 0 Å². The molecule has 10 nitrogen and oxygen atoms in total. The van der Waals surface area contributed by atoms with Crippen molar-refractivity contribution in [1.29, 1.82) is 0 Å². The molecule has 2 N–H and O–H groups in total. The number of hydrogen-bond acceptors (Lipinski definition) is 9. The fraction of sp³-hybridized carbons (Fsp3) is 0.607. The molecule has 0 heterocycles. The summed E-state index contributed by atoms with van der Waals surface area (Å²) in [6.07, 6.45) is 9.91. The molecule has 0 saturated carbocycles. The van der Waals surface area contributed by atoms with E-state index in [1.807, 2.05) is 0 Å². The Hall–Kier alpha value is -1.24. The Kier molecular flexibility index (Phi) is 37.9. The molecule has 1 atom stereocenters. The van der Waals surface area contributed by atoms with E-state index < -0.39 is 39.1 Å². The molecule has 230 valence electrons. The normalized spacial score (nSPS) is 9.68. The van der Waals surface area contributed by atoms with Crippen LogP contribution in [0, 0.1) is 47.4 Å². The molecule has 0 spiro atoms. The third-order valence-electron chi connectivity index (χ3n) is 4.45. The molecule has 41 heavy (non-hydrogen) atoms. The second-order valence-electron chi connectivity index (χ2n) is 8.12. The number of nitrogens with two attached hydrogens (primary N) is 1. The van der Waals surface area contributed by atoms with Gasteiger partial charge in [-0.05, 0) is 48.9 Å². The first-order chi connectivity index (χ1) is 18.5. The average molecular weight is 624 g/mol. The summed E-state index contributed by atoms with van der Waals surface area (Å²) in [7, 11) is -5.29. The number of carbonyl (C=O) groups excluding carboxylic acids is 3. The minimum absolute atomic E-state index is 0. The molecule has 0 aromatic rings. The van der Waals surface area contributed by atoms with Crippen LogP contribution in [0.2, 0.25) is 0 Å². The number of phosphoric acid groups is 1. The van der Waals surface area contributed by atoms with Gasteiger partial charge in [-0.15, -0.1) is 0 Å². The largest absolute Gasteiger partial charge is 1.00 e. The van der Waals surface area contributed by atoms with Crippen LogP contribution in [-0.4, -0.2) is 37.2 Å². The molecule has 0 saturated heterocycles. The Morgan fingerprint density at radius 3 is 1.78 bits per heavy atom. The minimum atomic E-state index is -5.29. The van der Waals surface area contributed by atoms with Crippen molar-refractivity contribution in [3.8, 4) is 47.4 Å². The number of esters is 2. The number of primary amides is 1. The fourth-order valence-corrected chi connectivity index (χ4v) is 3.12. The summed E-state index contributed by atoms with van der Waals surface area (Å²) in [6, 6.07) is 0. The maximum absolute atomic E-state index is 12.1. The van der Waals surface area contributed by atoms with Crippen LogP contribution in [0.5, 0.6) is 0 Å². The number of hydrogen-bond donors (Lipinski definition) is 1. The molecule has 0 fully saturated rings. The fourth-order valence-electron chi connectivity index (χ4n) is 2.77. The molecule has 0 aromatic carbocycles. The van der Waals surface area contributed by atoms with Crippen LogP contribution in [0.1, 0.15) is 101 Å². The molecule has 0 aliphatic carbocycles. The molecule has 0 unspecified atom stereocenters. The van der Waals surface area contributed by atoms with Gasteiger partial charge in [0.1, 0.15) is 6.61 Å². The van der Waals surface area contributed by atoms with Gasteiger partial charge in [-0.3, -0.25) is 9.59 Å². The molecule has 0 aromatic heterocycles. The standard InChI is InChI=1S/C26H35O8P.C2H5NO.2Na.7H2/c1-3-5-7-9-11-12-13-15-17-19-21-26(28)34-24(23-33-35(29,30)31)22-32-25(27)20-18-16-14-10-8-6-4-2;1-2(3)4;;;;;;;;;/h24H,3,5,7,9,11-13,15,17,19,21-23H2,1-2H3,(H2,29,30,31);1H3,(H2,3,4);;;7*1H/q;;2*+1;;;;;;;/p-2/t24-;;;;;;;;;;/m1........../s1. The number of phosphoric ester groups is 1. The number of amides is 1. The van der Waals surface area contributed by atoms with E-state index in [1.54, 1.807) is 6.92 Å². The molecule has 0 rings (SSSR count). The maximum Gasteiger partial charge on any atom is 1.00 e. The van der Waals surface area contributed by atoms with Gasteiger partial charge >= 0.3 is 71.1 Å². The van der Waals surface area contributed by atoms with Gasteiger partial charge in [0.25, 0.3) is 0 Å². The topological polar surface area (TPSA) is 168 Å². The summed E-state index contributed by atoms with van der Waals surface area (Å²) in [4.78, 5) is 54.4. The SMILES string of the molecule is CC#CC#CC#CC#CC(=O)OC[C@H](COP(=O)([O-])[O-])OC(=O)CCCCCCCCCCCC.CC(N)=O.[HH].[HH].[HH].[HH].[HH].[HH].[HH].[Na+].[Na+]. The number of ether oxygens (including phenoxy) is 2. The quantitative estimate of drug-likeness (QED) is 0.0475. The molecule has 0 aliphatic rings. The summed E-state index contributed by atoms with van der Waals surface area (Å²) in [6.45, 7) is 3.83. The van der Waals surface area contributed by atoms with Crippen molar-refractivity contribution < 1.29 is 112 Å². The van der Waals surface area contributed by atoms with E-state index in [2.05, 4.69) is 64.5 Å². The van der Waals surface area contributed by atoms with Crippen LogP contribution in [-0.2, 0) is 32.9 Å². The third-order valence-corrected chi connectivity index (χ3v) is 4.92. The molecular formula is C28H52NNa2O9P. The first kappa shape index (κ1) is 46.7. The van der Waals surface area contributed by atoms with Gasteiger partial charge < -0.3 is 34.1 Å². The van der Waals surface area contributed by atoms with Crippen LogP contribution in [0.25, 0.3) is 0 Å². The minimum Gasteiger partial charge on any atom is -0.790 e. The van der Waals surface area contributed by atoms with Crippen molar-refractivity contribution in [3.05, 3.63) is 0 Å². The van der Waals surface area contributed by atoms with Crippen LogP contribution in [0.4, 0.5) is 0 Å². The van der Waals surface area contributed by atoms with Gasteiger partial charge in [0, 0.05) is 29.3 Å². The Labute approximate surface area is 299 Å². The predicted molar refractivity (Wildman–Crippen MR) is 157 cm³/mol. The molecular weight excluding hydrogens is 571 g/mol. The zero-order chi connectivity index (χ0) is 29.8. The van der Waals surface area contributed by atoms with Crippen molar-refractivity contribution in [1.82, 2.24) is 0 Å². The van der Waals surface area contributed by atoms with E-state index in [1.165, 1.54) is 45.4 Å². The molecule has 13 heteroatoms. The second-order valence-corrected chi connectivity index (χ2v) is 9.27. The van der Waals surface area contributed by atoms with Crippen molar-refractivity contribution in [2.45, 2.75) is 97.5 Å². The zero-order valence-corrected chi connectivity index (χ0v) is 29.9. The molecule has 1 amide bonds. The zero-order valence-electron chi connectivity index (χ0n) is 25.0. The van der Waals surface area contributed by atoms with Gasteiger partial charge in [-0.1, -0.05) is 70.6 Å². The average Bonchev–Trinajstić information content (AvgIpc) is 2.85. The van der Waals surface area contributed by atoms with E-state index in [4.69, 9.17) is 9.47 Å². The first-order valence-electron chi connectivity index (χ1n) is 12.7. The summed E-state index contributed by atoms with van der Waals surface area (Å²) in [5.74, 6) is 16.9. The smallest absolute Gasteiger partial charge is 0.790 e. The van der Waals surface area contributed by atoms with Crippen LogP contribution < -0.4 is 74.6 Å². The van der Waals surface area contributed by atoms with Gasteiger partial charge in [0.05, 0.1) is 14.4 Å². The Balaban J connectivity index is -0.000000110. The van der Waals surface area contributed by atoms with Crippen molar-refractivity contribution >= 4 is 25.7 Å². The Morgan fingerprint density at radius 1 is 0.829 bits per heavy atom. The first-order valence-corrected chi connectivity index (χ1v) is 14.2. The number of carbonyl (C=O) groups is 3. The van der Waals surface area contributed by atoms with Gasteiger partial charge in [-0.25, -0.2) is 4.79 Å². The molecule has 0 radical (unpaired) electrons. The molecule has 0 aliphatic heterocycles. The van der Waals surface area contributed by atoms with E-state index in [0.717, 1.165) is 19.3 Å². The van der Waals surface area contributed by atoms with Crippen LogP contribution >= 0.6 is 7.82 Å². The summed E-state index contributed by atoms with van der Waals surface area (Å²) in [5, 5.41) is 0. The van der Waals surface area contributed by atoms with Crippen LogP contribution in [0.15, 0.2) is 0 Å². The van der Waals surface area contributed by atoms with Crippen molar-refractivity contribution in [2.75, 3.05) is 13.2 Å².